The van der Waals surface area contributed by atoms with Crippen LogP contribution in [-0.2, 0) is 4.79 Å². The van der Waals surface area contributed by atoms with E-state index in [0.29, 0.717) is 0 Å². The van der Waals surface area contributed by atoms with E-state index in [4.69, 9.17) is 0 Å². The van der Waals surface area contributed by atoms with E-state index in [9.17, 15) is 9.90 Å². The summed E-state index contributed by atoms with van der Waals surface area (Å²) in [6.45, 7) is 3.77. The summed E-state index contributed by atoms with van der Waals surface area (Å²) < 4.78 is 0. The number of aliphatic carboxylic acids is 1. The highest BCUT2D eigenvalue weighted by atomic mass is 16.4. The van der Waals surface area contributed by atoms with Crippen molar-refractivity contribution < 1.29 is 9.90 Å². The molecule has 0 aromatic rings. The summed E-state index contributed by atoms with van der Waals surface area (Å²) in [4.78, 5) is 17.4. The minimum absolute atomic E-state index is 0.372. The first-order valence-corrected chi connectivity index (χ1v) is 11.2. The third kappa shape index (κ3) is 11.5. The first-order chi connectivity index (χ1) is 12.8. The van der Waals surface area contributed by atoms with Crippen LogP contribution in [-0.4, -0.2) is 41.4 Å². The SMILES string of the molecule is CCCCCCCCCCCCCCCCCC(C(=O)O)N1C=NCC1. The second kappa shape index (κ2) is 16.1. The summed E-state index contributed by atoms with van der Waals surface area (Å²) in [5.74, 6) is -0.705. The van der Waals surface area contributed by atoms with Crippen molar-refractivity contribution in [2.24, 2.45) is 4.99 Å². The molecule has 0 aromatic heterocycles. The number of aliphatic imine (C=N–C) groups is 1. The number of hydrogen-bond donors (Lipinski definition) is 1. The van der Waals surface area contributed by atoms with Crippen molar-refractivity contribution in [1.82, 2.24) is 4.90 Å². The lowest BCUT2D eigenvalue weighted by Crippen LogP contribution is -2.39. The molecule has 1 N–H and O–H groups in total. The quantitative estimate of drug-likeness (QED) is 0.301. The van der Waals surface area contributed by atoms with Gasteiger partial charge in [-0.05, 0) is 6.42 Å². The average molecular weight is 367 g/mol. The van der Waals surface area contributed by atoms with E-state index in [1.165, 1.54) is 83.5 Å². The van der Waals surface area contributed by atoms with Gasteiger partial charge in [-0.25, -0.2) is 4.79 Å². The molecule has 0 saturated heterocycles. The number of carboxylic acid groups (broad SMARTS) is 1. The van der Waals surface area contributed by atoms with Crippen molar-refractivity contribution in [2.45, 2.75) is 116 Å². The molecule has 26 heavy (non-hydrogen) atoms. The van der Waals surface area contributed by atoms with Gasteiger partial charge in [0.15, 0.2) is 0 Å². The Labute approximate surface area is 161 Å². The van der Waals surface area contributed by atoms with E-state index < -0.39 is 5.97 Å². The van der Waals surface area contributed by atoms with E-state index in [2.05, 4.69) is 11.9 Å². The molecular formula is C22H42N2O2. The normalized spacial score (nSPS) is 14.9. The van der Waals surface area contributed by atoms with Crippen LogP contribution >= 0.6 is 0 Å². The summed E-state index contributed by atoms with van der Waals surface area (Å²) >= 11 is 0. The molecule has 0 aromatic carbocycles. The van der Waals surface area contributed by atoms with Crippen molar-refractivity contribution >= 4 is 12.3 Å². The Bertz CT molecular complexity index is 371. The molecule has 0 aliphatic carbocycles. The van der Waals surface area contributed by atoms with Gasteiger partial charge in [-0.1, -0.05) is 103 Å². The molecule has 1 unspecified atom stereocenters. The molecule has 0 fully saturated rings. The molecule has 0 spiro atoms. The molecule has 1 rings (SSSR count). The summed E-state index contributed by atoms with van der Waals surface area (Å²) in [5, 5.41) is 9.35. The summed E-state index contributed by atoms with van der Waals surface area (Å²) in [6, 6.07) is -0.372. The number of rotatable bonds is 18. The largest absolute Gasteiger partial charge is 0.480 e. The molecule has 4 nitrogen and oxygen atoms in total. The van der Waals surface area contributed by atoms with Crippen LogP contribution in [0.3, 0.4) is 0 Å². The Kier molecular flexibility index (Phi) is 14.3. The zero-order valence-electron chi connectivity index (χ0n) is 17.1. The number of unbranched alkanes of at least 4 members (excludes halogenated alkanes) is 14. The second-order valence-electron chi connectivity index (χ2n) is 7.85. The van der Waals surface area contributed by atoms with Crippen LogP contribution in [0.2, 0.25) is 0 Å². The molecule has 1 aliphatic heterocycles. The average Bonchev–Trinajstić information content (AvgIpc) is 3.15. The number of nitrogens with zero attached hydrogens (tertiary/aromatic N) is 2. The third-order valence-electron chi connectivity index (χ3n) is 5.48. The maximum atomic E-state index is 11.4. The molecule has 0 bridgehead atoms. The van der Waals surface area contributed by atoms with Gasteiger partial charge in [-0.2, -0.15) is 0 Å². The van der Waals surface area contributed by atoms with E-state index in [-0.39, 0.29) is 6.04 Å². The Hall–Kier alpha value is -1.06. The first kappa shape index (κ1) is 23.0. The Morgan fingerprint density at radius 2 is 1.35 bits per heavy atom. The fraction of sp³-hybridized carbons (Fsp3) is 0.909. The Morgan fingerprint density at radius 1 is 0.885 bits per heavy atom. The zero-order valence-corrected chi connectivity index (χ0v) is 17.1. The lowest BCUT2D eigenvalue weighted by molar-refractivity contribution is -0.141. The van der Waals surface area contributed by atoms with Crippen LogP contribution < -0.4 is 0 Å². The van der Waals surface area contributed by atoms with Crippen LogP contribution in [0, 0.1) is 0 Å². The highest BCUT2D eigenvalue weighted by Crippen LogP contribution is 2.15. The highest BCUT2D eigenvalue weighted by molar-refractivity contribution is 5.77. The van der Waals surface area contributed by atoms with Gasteiger partial charge in [0, 0.05) is 6.54 Å². The van der Waals surface area contributed by atoms with Crippen LogP contribution in [0.25, 0.3) is 0 Å². The molecule has 1 atom stereocenters. The number of hydrogen-bond acceptors (Lipinski definition) is 3. The van der Waals surface area contributed by atoms with Crippen molar-refractivity contribution in [3.63, 3.8) is 0 Å². The van der Waals surface area contributed by atoms with Crippen molar-refractivity contribution in [3.05, 3.63) is 0 Å². The lowest BCUT2D eigenvalue weighted by atomic mass is 10.0. The molecule has 1 heterocycles. The van der Waals surface area contributed by atoms with Gasteiger partial charge >= 0.3 is 5.97 Å². The van der Waals surface area contributed by atoms with Gasteiger partial charge in [-0.3, -0.25) is 4.99 Å². The van der Waals surface area contributed by atoms with E-state index in [0.717, 1.165) is 32.4 Å². The maximum absolute atomic E-state index is 11.4. The van der Waals surface area contributed by atoms with Crippen LogP contribution in [0.4, 0.5) is 0 Å². The molecule has 0 saturated carbocycles. The Morgan fingerprint density at radius 3 is 1.73 bits per heavy atom. The van der Waals surface area contributed by atoms with Crippen LogP contribution in [0.5, 0.6) is 0 Å². The standard InChI is InChI=1S/C22H42N2O2/c1-2-3-4-5-6-7-8-9-10-11-12-13-14-15-16-17-21(22(25)26)24-19-18-23-20-24/h20-21H,2-19H2,1H3,(H,25,26). The maximum Gasteiger partial charge on any atom is 0.326 e. The fourth-order valence-electron chi connectivity index (χ4n) is 3.77. The van der Waals surface area contributed by atoms with Gasteiger partial charge in [0.2, 0.25) is 0 Å². The fourth-order valence-corrected chi connectivity index (χ4v) is 3.77. The monoisotopic (exact) mass is 366 g/mol. The van der Waals surface area contributed by atoms with Crippen LogP contribution in [0.1, 0.15) is 110 Å². The predicted octanol–water partition coefficient (Wildman–Crippen LogP) is 6.05. The zero-order chi connectivity index (χ0) is 18.9. The second-order valence-corrected chi connectivity index (χ2v) is 7.85. The molecular weight excluding hydrogens is 324 g/mol. The summed E-state index contributed by atoms with van der Waals surface area (Å²) in [7, 11) is 0. The molecule has 4 heteroatoms. The lowest BCUT2D eigenvalue weighted by Gasteiger charge is -2.22. The molecule has 1 aliphatic rings. The number of carboxylic acids is 1. The highest BCUT2D eigenvalue weighted by Gasteiger charge is 2.24. The van der Waals surface area contributed by atoms with Crippen molar-refractivity contribution in [3.8, 4) is 0 Å². The van der Waals surface area contributed by atoms with Crippen molar-refractivity contribution in [1.29, 1.82) is 0 Å². The van der Waals surface area contributed by atoms with Crippen molar-refractivity contribution in [2.75, 3.05) is 13.1 Å². The molecule has 0 amide bonds. The first-order valence-electron chi connectivity index (χ1n) is 11.2. The molecule has 152 valence electrons. The summed E-state index contributed by atoms with van der Waals surface area (Å²) in [6.07, 6.45) is 22.6. The summed E-state index contributed by atoms with van der Waals surface area (Å²) in [5.41, 5.74) is 0. The van der Waals surface area contributed by atoms with Gasteiger partial charge in [0.25, 0.3) is 0 Å². The Balaban J connectivity index is 1.83. The smallest absolute Gasteiger partial charge is 0.326 e. The van der Waals surface area contributed by atoms with Gasteiger partial charge in [0.05, 0.1) is 12.9 Å². The predicted molar refractivity (Wildman–Crippen MR) is 111 cm³/mol. The van der Waals surface area contributed by atoms with Gasteiger partial charge in [0.1, 0.15) is 6.04 Å². The topological polar surface area (TPSA) is 52.9 Å². The molecule has 0 radical (unpaired) electrons. The minimum Gasteiger partial charge on any atom is -0.480 e. The van der Waals surface area contributed by atoms with E-state index >= 15 is 0 Å². The van der Waals surface area contributed by atoms with Crippen LogP contribution in [0.15, 0.2) is 4.99 Å². The number of carbonyl (C=O) groups is 1. The minimum atomic E-state index is -0.705. The van der Waals surface area contributed by atoms with Gasteiger partial charge in [-0.15, -0.1) is 0 Å². The van der Waals surface area contributed by atoms with E-state index in [1.54, 1.807) is 6.34 Å². The van der Waals surface area contributed by atoms with E-state index in [1.807, 2.05) is 4.90 Å². The van der Waals surface area contributed by atoms with Gasteiger partial charge < -0.3 is 10.0 Å². The third-order valence-corrected chi connectivity index (χ3v) is 5.48.